The number of aryl methyl sites for hydroxylation is 2. The average Bonchev–Trinajstić information content (AvgIpc) is 2.60. The van der Waals surface area contributed by atoms with Crippen molar-refractivity contribution in [3.63, 3.8) is 0 Å². The summed E-state index contributed by atoms with van der Waals surface area (Å²) in [6.45, 7) is 4.06. The van der Waals surface area contributed by atoms with Crippen LogP contribution in [0.3, 0.4) is 0 Å². The number of H-pyrrole nitrogens is 1. The Labute approximate surface area is 148 Å². The van der Waals surface area contributed by atoms with Gasteiger partial charge in [0.25, 0.3) is 0 Å². The molecule has 5 heteroatoms. The van der Waals surface area contributed by atoms with E-state index in [1.165, 1.54) is 6.07 Å². The highest BCUT2D eigenvalue weighted by Gasteiger charge is 2.08. The fourth-order valence-corrected chi connectivity index (χ4v) is 3.17. The molecule has 4 aromatic rings. The molecule has 0 aliphatic heterocycles. The van der Waals surface area contributed by atoms with E-state index in [0.29, 0.717) is 11.3 Å². The summed E-state index contributed by atoms with van der Waals surface area (Å²) in [6.07, 6.45) is 0. The van der Waals surface area contributed by atoms with Gasteiger partial charge in [0.2, 0.25) is 5.56 Å². The molecule has 4 rings (SSSR count). The summed E-state index contributed by atoms with van der Waals surface area (Å²) in [4.78, 5) is 26.4. The highest BCUT2D eigenvalue weighted by atomic mass is 16.5. The molecule has 0 atom stereocenters. The van der Waals surface area contributed by atoms with Gasteiger partial charge in [-0.25, -0.2) is 4.79 Å². The van der Waals surface area contributed by atoms with Gasteiger partial charge in [0.05, 0.1) is 5.52 Å². The lowest BCUT2D eigenvalue weighted by molar-refractivity contribution is 0.307. The molecule has 130 valence electrons. The molecule has 0 bridgehead atoms. The van der Waals surface area contributed by atoms with E-state index in [9.17, 15) is 9.59 Å². The Morgan fingerprint density at radius 2 is 1.81 bits per heavy atom. The summed E-state index contributed by atoms with van der Waals surface area (Å²) in [6, 6.07) is 14.3. The largest absolute Gasteiger partial charge is 0.489 e. The van der Waals surface area contributed by atoms with Gasteiger partial charge in [-0.2, -0.15) is 0 Å². The maximum atomic E-state index is 12.0. The van der Waals surface area contributed by atoms with Gasteiger partial charge in [0, 0.05) is 34.5 Å². The summed E-state index contributed by atoms with van der Waals surface area (Å²) < 4.78 is 11.1. The summed E-state index contributed by atoms with van der Waals surface area (Å²) in [5.74, 6) is 0.576. The lowest BCUT2D eigenvalue weighted by Crippen LogP contribution is -2.09. The minimum atomic E-state index is -0.386. The molecule has 2 aromatic carbocycles. The first kappa shape index (κ1) is 16.1. The van der Waals surface area contributed by atoms with Gasteiger partial charge in [-0.1, -0.05) is 18.2 Å². The Bertz CT molecular complexity index is 1250. The van der Waals surface area contributed by atoms with E-state index >= 15 is 0 Å². The number of nitrogens with one attached hydrogen (secondary N) is 1. The van der Waals surface area contributed by atoms with Crippen LogP contribution in [0.25, 0.3) is 21.9 Å². The number of aromatic amines is 1. The number of ether oxygens (including phenoxy) is 1. The molecule has 0 saturated heterocycles. The Kier molecular flexibility index (Phi) is 3.84. The van der Waals surface area contributed by atoms with E-state index in [-0.39, 0.29) is 17.8 Å². The van der Waals surface area contributed by atoms with Crippen molar-refractivity contribution in [3.8, 4) is 5.75 Å². The van der Waals surface area contributed by atoms with Crippen molar-refractivity contribution >= 4 is 21.9 Å². The van der Waals surface area contributed by atoms with E-state index < -0.39 is 0 Å². The number of pyridine rings is 1. The molecule has 0 radical (unpaired) electrons. The first-order valence-corrected chi connectivity index (χ1v) is 8.30. The van der Waals surface area contributed by atoms with Crippen molar-refractivity contribution in [1.82, 2.24) is 4.98 Å². The zero-order valence-corrected chi connectivity index (χ0v) is 14.5. The van der Waals surface area contributed by atoms with Gasteiger partial charge in [0.15, 0.2) is 0 Å². The van der Waals surface area contributed by atoms with Crippen molar-refractivity contribution in [2.45, 2.75) is 20.5 Å². The molecular weight excluding hydrogens is 330 g/mol. The predicted molar refractivity (Wildman–Crippen MR) is 101 cm³/mol. The van der Waals surface area contributed by atoms with E-state index in [2.05, 4.69) is 4.98 Å². The van der Waals surface area contributed by atoms with Gasteiger partial charge in [-0.3, -0.25) is 4.79 Å². The van der Waals surface area contributed by atoms with Gasteiger partial charge < -0.3 is 14.1 Å². The number of fused-ring (bicyclic) bond motifs is 2. The molecule has 0 aliphatic carbocycles. The minimum absolute atomic E-state index is 0.162. The quantitative estimate of drug-likeness (QED) is 0.572. The van der Waals surface area contributed by atoms with E-state index in [1.54, 1.807) is 12.1 Å². The van der Waals surface area contributed by atoms with Crippen molar-refractivity contribution in [3.05, 3.63) is 86.0 Å². The molecular formula is C21H17NO4. The minimum Gasteiger partial charge on any atom is -0.489 e. The number of para-hydroxylation sites is 1. The maximum absolute atomic E-state index is 12.0. The molecule has 0 aliphatic rings. The third-order valence-corrected chi connectivity index (χ3v) is 4.49. The van der Waals surface area contributed by atoms with Crippen molar-refractivity contribution in [2.75, 3.05) is 0 Å². The molecule has 26 heavy (non-hydrogen) atoms. The molecule has 0 saturated carbocycles. The molecule has 0 unspecified atom stereocenters. The molecule has 0 spiro atoms. The Morgan fingerprint density at radius 1 is 0.962 bits per heavy atom. The highest BCUT2D eigenvalue weighted by molar-refractivity contribution is 5.84. The SMILES string of the molecule is Cc1cc(=O)oc2cc(OCc3cc(=O)[nH]c4c(C)cccc34)ccc12. The smallest absolute Gasteiger partial charge is 0.336 e. The number of benzene rings is 2. The van der Waals surface area contributed by atoms with E-state index in [4.69, 9.17) is 9.15 Å². The molecule has 2 heterocycles. The summed E-state index contributed by atoms with van der Waals surface area (Å²) >= 11 is 0. The maximum Gasteiger partial charge on any atom is 0.336 e. The predicted octanol–water partition coefficient (Wildman–Crippen LogP) is 3.83. The van der Waals surface area contributed by atoms with Gasteiger partial charge in [-0.15, -0.1) is 0 Å². The molecule has 1 N–H and O–H groups in total. The van der Waals surface area contributed by atoms with Crippen LogP contribution in [0.4, 0.5) is 0 Å². The topological polar surface area (TPSA) is 72.3 Å². The number of rotatable bonds is 3. The Balaban J connectivity index is 1.71. The van der Waals surface area contributed by atoms with Crippen LogP contribution in [0, 0.1) is 13.8 Å². The van der Waals surface area contributed by atoms with Crippen LogP contribution in [0.15, 0.2) is 62.5 Å². The van der Waals surface area contributed by atoms with Crippen molar-refractivity contribution < 1.29 is 9.15 Å². The summed E-state index contributed by atoms with van der Waals surface area (Å²) in [7, 11) is 0. The second-order valence-corrected chi connectivity index (χ2v) is 6.35. The van der Waals surface area contributed by atoms with Crippen LogP contribution in [-0.4, -0.2) is 4.98 Å². The second-order valence-electron chi connectivity index (χ2n) is 6.35. The first-order chi connectivity index (χ1) is 12.5. The second kappa shape index (κ2) is 6.19. The zero-order valence-electron chi connectivity index (χ0n) is 14.5. The molecule has 2 aromatic heterocycles. The lowest BCUT2D eigenvalue weighted by Gasteiger charge is -2.10. The van der Waals surface area contributed by atoms with Gasteiger partial charge in [-0.05, 0) is 37.1 Å². The third kappa shape index (κ3) is 2.88. The normalized spacial score (nSPS) is 11.2. The fourth-order valence-electron chi connectivity index (χ4n) is 3.17. The van der Waals surface area contributed by atoms with Crippen LogP contribution < -0.4 is 15.9 Å². The van der Waals surface area contributed by atoms with Gasteiger partial charge >= 0.3 is 5.63 Å². The number of hydrogen-bond acceptors (Lipinski definition) is 4. The van der Waals surface area contributed by atoms with Crippen LogP contribution in [0.2, 0.25) is 0 Å². The van der Waals surface area contributed by atoms with Crippen LogP contribution in [0.5, 0.6) is 5.75 Å². The molecule has 5 nitrogen and oxygen atoms in total. The van der Waals surface area contributed by atoms with Crippen LogP contribution in [0.1, 0.15) is 16.7 Å². The van der Waals surface area contributed by atoms with E-state index in [1.807, 2.05) is 44.2 Å². The number of hydrogen-bond donors (Lipinski definition) is 1. The van der Waals surface area contributed by atoms with E-state index in [0.717, 1.165) is 33.0 Å². The zero-order chi connectivity index (χ0) is 18.3. The number of aromatic nitrogens is 1. The summed E-state index contributed by atoms with van der Waals surface area (Å²) in [5.41, 5.74) is 3.42. The standard InChI is InChI=1S/C21H17NO4/c1-12-4-3-5-17-14(9-19(23)22-21(12)17)11-25-15-6-7-16-13(2)8-20(24)26-18(16)10-15/h3-10H,11H2,1-2H3,(H,22,23). The summed E-state index contributed by atoms with van der Waals surface area (Å²) in [5, 5.41) is 1.82. The Morgan fingerprint density at radius 3 is 2.65 bits per heavy atom. The van der Waals surface area contributed by atoms with Crippen molar-refractivity contribution in [2.24, 2.45) is 0 Å². The first-order valence-electron chi connectivity index (χ1n) is 8.30. The third-order valence-electron chi connectivity index (χ3n) is 4.49. The molecule has 0 amide bonds. The highest BCUT2D eigenvalue weighted by Crippen LogP contribution is 2.24. The monoisotopic (exact) mass is 347 g/mol. The van der Waals surface area contributed by atoms with Crippen LogP contribution >= 0.6 is 0 Å². The lowest BCUT2D eigenvalue weighted by atomic mass is 10.1. The van der Waals surface area contributed by atoms with Gasteiger partial charge in [0.1, 0.15) is 17.9 Å². The van der Waals surface area contributed by atoms with Crippen LogP contribution in [-0.2, 0) is 6.61 Å². The Hall–Kier alpha value is -3.34. The van der Waals surface area contributed by atoms with Crippen molar-refractivity contribution in [1.29, 1.82) is 0 Å². The molecule has 0 fully saturated rings. The average molecular weight is 347 g/mol. The fraction of sp³-hybridized carbons (Fsp3) is 0.143.